The highest BCUT2D eigenvalue weighted by atomic mass is 16.5. The topological polar surface area (TPSA) is 75.6 Å². The van der Waals surface area contributed by atoms with Crippen LogP contribution < -0.4 is 10.1 Å². The van der Waals surface area contributed by atoms with Crippen LogP contribution in [0.5, 0.6) is 5.75 Å². The van der Waals surface area contributed by atoms with E-state index in [9.17, 15) is 9.59 Å². The van der Waals surface area contributed by atoms with Gasteiger partial charge in [0.25, 0.3) is 5.91 Å². The van der Waals surface area contributed by atoms with Gasteiger partial charge >= 0.3 is 5.97 Å². The van der Waals surface area contributed by atoms with Gasteiger partial charge in [0.15, 0.2) is 6.61 Å². The Kier molecular flexibility index (Phi) is 6.21. The lowest BCUT2D eigenvalue weighted by atomic mass is 10.0. The number of ether oxygens (including phenoxy) is 1. The van der Waals surface area contributed by atoms with Crippen LogP contribution in [-0.2, 0) is 9.59 Å². The number of carbonyl (C=O) groups is 2. The van der Waals surface area contributed by atoms with Gasteiger partial charge in [0.1, 0.15) is 5.75 Å². The molecule has 0 radical (unpaired) electrons. The van der Waals surface area contributed by atoms with Crippen molar-refractivity contribution >= 4 is 11.9 Å². The molecule has 0 aromatic heterocycles. The summed E-state index contributed by atoms with van der Waals surface area (Å²) >= 11 is 0. The first-order chi connectivity index (χ1) is 9.77. The number of aryl methyl sites for hydroxylation is 2. The van der Waals surface area contributed by atoms with Gasteiger partial charge in [-0.05, 0) is 43.0 Å². The third-order valence-electron chi connectivity index (χ3n) is 3.11. The molecule has 0 aliphatic rings. The molecule has 5 nitrogen and oxygen atoms in total. The second kappa shape index (κ2) is 7.67. The van der Waals surface area contributed by atoms with Crippen LogP contribution in [0, 0.1) is 19.8 Å². The molecule has 2 N–H and O–H groups in total. The van der Waals surface area contributed by atoms with E-state index in [2.05, 4.69) is 5.32 Å². The van der Waals surface area contributed by atoms with Crippen LogP contribution in [0.2, 0.25) is 0 Å². The van der Waals surface area contributed by atoms with Crippen molar-refractivity contribution in [2.45, 2.75) is 40.2 Å². The van der Waals surface area contributed by atoms with Gasteiger partial charge in [0.2, 0.25) is 0 Å². The largest absolute Gasteiger partial charge is 0.484 e. The summed E-state index contributed by atoms with van der Waals surface area (Å²) in [4.78, 5) is 22.6. The van der Waals surface area contributed by atoms with Crippen molar-refractivity contribution in [3.8, 4) is 5.75 Å². The molecule has 0 aliphatic heterocycles. The number of carboxylic acids is 1. The minimum Gasteiger partial charge on any atom is -0.484 e. The summed E-state index contributed by atoms with van der Waals surface area (Å²) < 4.78 is 5.46. The van der Waals surface area contributed by atoms with Gasteiger partial charge in [-0.15, -0.1) is 0 Å². The summed E-state index contributed by atoms with van der Waals surface area (Å²) in [7, 11) is 0. The lowest BCUT2D eigenvalue weighted by Crippen LogP contribution is -2.42. The lowest BCUT2D eigenvalue weighted by molar-refractivity contribution is -0.138. The highest BCUT2D eigenvalue weighted by molar-refractivity contribution is 5.78. The van der Waals surface area contributed by atoms with Crippen molar-refractivity contribution in [1.29, 1.82) is 0 Å². The van der Waals surface area contributed by atoms with E-state index in [-0.39, 0.29) is 24.9 Å². The van der Waals surface area contributed by atoms with Crippen LogP contribution in [0.15, 0.2) is 18.2 Å². The monoisotopic (exact) mass is 293 g/mol. The fourth-order valence-electron chi connectivity index (χ4n) is 2.06. The van der Waals surface area contributed by atoms with Gasteiger partial charge in [-0.1, -0.05) is 19.9 Å². The maximum Gasteiger partial charge on any atom is 0.305 e. The van der Waals surface area contributed by atoms with E-state index in [1.165, 1.54) is 0 Å². The maximum atomic E-state index is 11.9. The van der Waals surface area contributed by atoms with E-state index in [0.717, 1.165) is 11.1 Å². The summed E-state index contributed by atoms with van der Waals surface area (Å²) in [6.45, 7) is 7.55. The van der Waals surface area contributed by atoms with Crippen molar-refractivity contribution in [3.63, 3.8) is 0 Å². The van der Waals surface area contributed by atoms with Crippen LogP contribution >= 0.6 is 0 Å². The van der Waals surface area contributed by atoms with E-state index in [1.807, 2.05) is 45.9 Å². The maximum absolute atomic E-state index is 11.9. The zero-order valence-corrected chi connectivity index (χ0v) is 13.0. The molecule has 0 saturated heterocycles. The predicted octanol–water partition coefficient (Wildman–Crippen LogP) is 2.30. The van der Waals surface area contributed by atoms with Crippen LogP contribution in [0.3, 0.4) is 0 Å². The van der Waals surface area contributed by atoms with Crippen molar-refractivity contribution in [1.82, 2.24) is 5.32 Å². The number of carboxylic acid groups (broad SMARTS) is 1. The normalized spacial score (nSPS) is 12.0. The predicted molar refractivity (Wildman–Crippen MR) is 80.4 cm³/mol. The highest BCUT2D eigenvalue weighted by Crippen LogP contribution is 2.16. The Labute approximate surface area is 125 Å². The fraction of sp³-hybridized carbons (Fsp3) is 0.500. The molecule has 0 spiro atoms. The van der Waals surface area contributed by atoms with Crippen LogP contribution in [0.25, 0.3) is 0 Å². The second-order valence-corrected chi connectivity index (χ2v) is 5.63. The Balaban J connectivity index is 2.54. The third-order valence-corrected chi connectivity index (χ3v) is 3.11. The molecule has 1 amide bonds. The SMILES string of the molecule is Cc1cc(C)cc(OCC(=O)NC(CC(=O)O)C(C)C)c1. The molecule has 0 saturated carbocycles. The summed E-state index contributed by atoms with van der Waals surface area (Å²) in [5, 5.41) is 11.5. The third kappa shape index (κ3) is 6.29. The van der Waals surface area contributed by atoms with E-state index in [4.69, 9.17) is 9.84 Å². The second-order valence-electron chi connectivity index (χ2n) is 5.63. The molecule has 21 heavy (non-hydrogen) atoms. The highest BCUT2D eigenvalue weighted by Gasteiger charge is 2.19. The summed E-state index contributed by atoms with van der Waals surface area (Å²) in [5.41, 5.74) is 2.13. The average molecular weight is 293 g/mol. The summed E-state index contributed by atoms with van der Waals surface area (Å²) in [5.74, 6) is -0.549. The Bertz CT molecular complexity index is 491. The van der Waals surface area contributed by atoms with E-state index in [1.54, 1.807) is 0 Å². The van der Waals surface area contributed by atoms with Crippen molar-refractivity contribution in [2.24, 2.45) is 5.92 Å². The van der Waals surface area contributed by atoms with Crippen LogP contribution in [0.4, 0.5) is 0 Å². The number of amides is 1. The molecule has 0 fully saturated rings. The van der Waals surface area contributed by atoms with Gasteiger partial charge in [0.05, 0.1) is 6.42 Å². The number of aliphatic carboxylic acids is 1. The molecule has 5 heteroatoms. The molecule has 1 unspecified atom stereocenters. The average Bonchev–Trinajstić information content (AvgIpc) is 2.33. The van der Waals surface area contributed by atoms with Gasteiger partial charge < -0.3 is 15.2 Å². The Morgan fingerprint density at radius 1 is 1.19 bits per heavy atom. The molecule has 116 valence electrons. The lowest BCUT2D eigenvalue weighted by Gasteiger charge is -2.20. The van der Waals surface area contributed by atoms with Crippen molar-refractivity contribution in [3.05, 3.63) is 29.3 Å². The minimum atomic E-state index is -0.927. The molecular weight excluding hydrogens is 270 g/mol. The van der Waals surface area contributed by atoms with E-state index in [0.29, 0.717) is 5.75 Å². The van der Waals surface area contributed by atoms with Crippen LogP contribution in [0.1, 0.15) is 31.4 Å². The smallest absolute Gasteiger partial charge is 0.305 e. The van der Waals surface area contributed by atoms with Crippen molar-refractivity contribution in [2.75, 3.05) is 6.61 Å². The molecule has 1 rings (SSSR count). The molecular formula is C16H23NO4. The van der Waals surface area contributed by atoms with E-state index < -0.39 is 12.0 Å². The zero-order valence-electron chi connectivity index (χ0n) is 13.0. The van der Waals surface area contributed by atoms with Crippen LogP contribution in [-0.4, -0.2) is 29.6 Å². The number of benzene rings is 1. The van der Waals surface area contributed by atoms with Gasteiger partial charge in [-0.2, -0.15) is 0 Å². The number of hydrogen-bond acceptors (Lipinski definition) is 3. The molecule has 1 aromatic carbocycles. The van der Waals surface area contributed by atoms with Gasteiger partial charge in [-0.25, -0.2) is 0 Å². The number of hydrogen-bond donors (Lipinski definition) is 2. The Morgan fingerprint density at radius 3 is 2.24 bits per heavy atom. The molecule has 1 aromatic rings. The standard InChI is InChI=1S/C16H23NO4/c1-10(2)14(8-16(19)20)17-15(18)9-21-13-6-11(3)5-12(4)7-13/h5-7,10,14H,8-9H2,1-4H3,(H,17,18)(H,19,20). The van der Waals surface area contributed by atoms with E-state index >= 15 is 0 Å². The molecule has 0 aliphatic carbocycles. The first-order valence-corrected chi connectivity index (χ1v) is 7.00. The fourth-order valence-corrected chi connectivity index (χ4v) is 2.06. The minimum absolute atomic E-state index is 0.0475. The first kappa shape index (κ1) is 17.0. The zero-order chi connectivity index (χ0) is 16.0. The Morgan fingerprint density at radius 2 is 1.76 bits per heavy atom. The molecule has 1 atom stereocenters. The number of rotatable bonds is 7. The number of carbonyl (C=O) groups excluding carboxylic acids is 1. The summed E-state index contributed by atoms with van der Waals surface area (Å²) in [6, 6.07) is 5.35. The summed E-state index contributed by atoms with van der Waals surface area (Å²) in [6.07, 6.45) is -0.0903. The van der Waals surface area contributed by atoms with Gasteiger partial charge in [-0.3, -0.25) is 9.59 Å². The first-order valence-electron chi connectivity index (χ1n) is 7.00. The van der Waals surface area contributed by atoms with Crippen molar-refractivity contribution < 1.29 is 19.4 Å². The van der Waals surface area contributed by atoms with Gasteiger partial charge in [0, 0.05) is 6.04 Å². The Hall–Kier alpha value is -2.04. The molecule has 0 bridgehead atoms. The number of nitrogens with one attached hydrogen (secondary N) is 1. The quantitative estimate of drug-likeness (QED) is 0.809. The molecule has 0 heterocycles.